The van der Waals surface area contributed by atoms with Crippen LogP contribution in [0.5, 0.6) is 5.88 Å². The zero-order valence-corrected chi connectivity index (χ0v) is 22.0. The van der Waals surface area contributed by atoms with Crippen LogP contribution < -0.4 is 15.0 Å². The van der Waals surface area contributed by atoms with E-state index in [1.54, 1.807) is 17.1 Å². The minimum Gasteiger partial charge on any atom is -0.477 e. The minimum absolute atomic E-state index is 0.0873. The van der Waals surface area contributed by atoms with E-state index >= 15 is 0 Å². The van der Waals surface area contributed by atoms with Crippen LogP contribution >= 0.6 is 0 Å². The van der Waals surface area contributed by atoms with Crippen molar-refractivity contribution in [3.05, 3.63) is 30.7 Å². The Kier molecular flexibility index (Phi) is 6.56. The lowest BCUT2D eigenvalue weighted by atomic mass is 10.1. The van der Waals surface area contributed by atoms with Crippen molar-refractivity contribution in [2.24, 2.45) is 13.0 Å². The third-order valence-corrected chi connectivity index (χ3v) is 7.42. The topological polar surface area (TPSA) is 102 Å². The van der Waals surface area contributed by atoms with Gasteiger partial charge in [0.25, 0.3) is 0 Å². The lowest BCUT2D eigenvalue weighted by Crippen LogP contribution is -2.29. The molecule has 6 rings (SSSR count). The monoisotopic (exact) mass is 520 g/mol. The van der Waals surface area contributed by atoms with Gasteiger partial charge in [-0.2, -0.15) is 10.2 Å². The molecule has 2 aliphatic heterocycles. The Morgan fingerprint density at radius 1 is 1.21 bits per heavy atom. The fraction of sp³-hybridized carbons (Fsp3) is 0.500. The maximum absolute atomic E-state index is 12.8. The first-order valence-corrected chi connectivity index (χ1v) is 13.1. The SMILES string of the molecule is C[C@H]1CCOc2c(cnn2C)-c2nccc(n2)Nc2cc3c(cn2)c(N2CC[C@H](CN(C)CCF)C2)nn31. The largest absolute Gasteiger partial charge is 0.477 e. The molecule has 38 heavy (non-hydrogen) atoms. The van der Waals surface area contributed by atoms with E-state index in [0.717, 1.165) is 54.8 Å². The number of alkyl halides is 1. The molecule has 4 bridgehead atoms. The van der Waals surface area contributed by atoms with E-state index in [1.807, 2.05) is 32.4 Å². The molecule has 1 N–H and O–H groups in total. The molecule has 0 radical (unpaired) electrons. The molecule has 2 aliphatic rings. The Labute approximate surface area is 220 Å². The zero-order valence-electron chi connectivity index (χ0n) is 22.0. The summed E-state index contributed by atoms with van der Waals surface area (Å²) in [5.41, 5.74) is 1.75. The molecule has 0 unspecified atom stereocenters. The maximum Gasteiger partial charge on any atom is 0.222 e. The van der Waals surface area contributed by atoms with Crippen LogP contribution in [0.25, 0.3) is 22.3 Å². The summed E-state index contributed by atoms with van der Waals surface area (Å²) in [6, 6.07) is 3.94. The Morgan fingerprint density at radius 3 is 2.97 bits per heavy atom. The fourth-order valence-corrected chi connectivity index (χ4v) is 5.39. The van der Waals surface area contributed by atoms with Crippen LogP contribution in [0.1, 0.15) is 25.8 Å². The van der Waals surface area contributed by atoms with Gasteiger partial charge in [0.2, 0.25) is 5.88 Å². The molecule has 0 aliphatic carbocycles. The van der Waals surface area contributed by atoms with Crippen molar-refractivity contribution in [2.45, 2.75) is 25.8 Å². The second-order valence-corrected chi connectivity index (χ2v) is 10.3. The van der Waals surface area contributed by atoms with E-state index < -0.39 is 0 Å². The number of aromatic nitrogens is 7. The number of aryl methyl sites for hydroxylation is 1. The van der Waals surface area contributed by atoms with Crippen LogP contribution in [0.2, 0.25) is 0 Å². The van der Waals surface area contributed by atoms with Gasteiger partial charge in [-0.25, -0.2) is 24.0 Å². The Balaban J connectivity index is 1.35. The van der Waals surface area contributed by atoms with E-state index in [2.05, 4.69) is 41.8 Å². The van der Waals surface area contributed by atoms with Crippen molar-refractivity contribution >= 4 is 28.4 Å². The van der Waals surface area contributed by atoms with Crippen LogP contribution in [0, 0.1) is 5.92 Å². The Morgan fingerprint density at radius 2 is 2.11 bits per heavy atom. The van der Waals surface area contributed by atoms with Gasteiger partial charge < -0.3 is 19.9 Å². The van der Waals surface area contributed by atoms with Gasteiger partial charge in [0.15, 0.2) is 11.6 Å². The van der Waals surface area contributed by atoms with Gasteiger partial charge in [-0.15, -0.1) is 0 Å². The molecule has 2 atom stereocenters. The number of halogens is 1. The zero-order chi connectivity index (χ0) is 26.2. The molecule has 12 heteroatoms. The summed E-state index contributed by atoms with van der Waals surface area (Å²) in [4.78, 5) is 18.3. The number of fused-ring (bicyclic) bond motifs is 5. The summed E-state index contributed by atoms with van der Waals surface area (Å²) in [7, 11) is 3.84. The van der Waals surface area contributed by atoms with Crippen molar-refractivity contribution in [1.29, 1.82) is 0 Å². The number of nitrogens with one attached hydrogen (secondary N) is 1. The summed E-state index contributed by atoms with van der Waals surface area (Å²) < 4.78 is 22.8. The number of rotatable bonds is 5. The highest BCUT2D eigenvalue weighted by atomic mass is 19.1. The summed E-state index contributed by atoms with van der Waals surface area (Å²) in [5, 5.41) is 13.8. The number of pyridine rings is 1. The molecule has 1 saturated heterocycles. The maximum atomic E-state index is 12.8. The molecule has 0 saturated carbocycles. The average Bonchev–Trinajstić information content (AvgIpc) is 3.61. The van der Waals surface area contributed by atoms with E-state index in [1.165, 1.54) is 0 Å². The molecular formula is C26H33FN10O. The third-order valence-electron chi connectivity index (χ3n) is 7.42. The van der Waals surface area contributed by atoms with Crippen molar-refractivity contribution in [2.75, 3.05) is 56.7 Å². The minimum atomic E-state index is -0.316. The van der Waals surface area contributed by atoms with Crippen molar-refractivity contribution in [3.63, 3.8) is 0 Å². The summed E-state index contributed by atoms with van der Waals surface area (Å²) in [6.07, 6.45) is 7.15. The smallest absolute Gasteiger partial charge is 0.222 e. The van der Waals surface area contributed by atoms with Crippen molar-refractivity contribution in [3.8, 4) is 17.3 Å². The number of anilines is 3. The van der Waals surface area contributed by atoms with Gasteiger partial charge in [-0.1, -0.05) is 0 Å². The van der Waals surface area contributed by atoms with Crippen molar-refractivity contribution < 1.29 is 9.13 Å². The Bertz CT molecular complexity index is 1430. The average molecular weight is 521 g/mol. The van der Waals surface area contributed by atoms with Gasteiger partial charge in [-0.3, -0.25) is 4.68 Å². The predicted octanol–water partition coefficient (Wildman–Crippen LogP) is 3.44. The van der Waals surface area contributed by atoms with Crippen LogP contribution in [-0.2, 0) is 7.05 Å². The molecule has 200 valence electrons. The molecule has 6 heterocycles. The van der Waals surface area contributed by atoms with Gasteiger partial charge in [0, 0.05) is 58.1 Å². The first-order chi connectivity index (χ1) is 18.5. The quantitative estimate of drug-likeness (QED) is 0.424. The third kappa shape index (κ3) is 4.64. The summed E-state index contributed by atoms with van der Waals surface area (Å²) >= 11 is 0. The number of nitrogens with zero attached hydrogens (tertiary/aromatic N) is 9. The van der Waals surface area contributed by atoms with Gasteiger partial charge in [0.1, 0.15) is 23.9 Å². The Hall–Kier alpha value is -3.80. The van der Waals surface area contributed by atoms with E-state index in [0.29, 0.717) is 42.4 Å². The lowest BCUT2D eigenvalue weighted by molar-refractivity contribution is 0.260. The van der Waals surface area contributed by atoms with Crippen LogP contribution in [-0.4, -0.2) is 85.9 Å². The molecule has 4 aromatic heterocycles. The van der Waals surface area contributed by atoms with Gasteiger partial charge >= 0.3 is 0 Å². The molecule has 0 amide bonds. The van der Waals surface area contributed by atoms with Crippen LogP contribution in [0.4, 0.5) is 21.8 Å². The van der Waals surface area contributed by atoms with Crippen LogP contribution in [0.3, 0.4) is 0 Å². The number of hydrogen-bond acceptors (Lipinski definition) is 9. The standard InChI is InChI=1S/C26H33FN10O/c1-17-6-11-38-26-20(14-30-35(26)3)24-28-8-4-22(32-24)31-23-12-21-19(13-29-23)25(33-37(17)21)36-9-5-18(16-36)15-34(2)10-7-27/h4,8,12-14,17-18H,5-7,9-11,15-16H2,1-3H3,(H,28,29,31,32)/t17-,18+/m0/s1. The summed E-state index contributed by atoms with van der Waals surface area (Å²) in [5.74, 6) is 3.92. The highest BCUT2D eigenvalue weighted by Gasteiger charge is 2.28. The van der Waals surface area contributed by atoms with E-state index in [9.17, 15) is 4.39 Å². The fourth-order valence-electron chi connectivity index (χ4n) is 5.39. The summed E-state index contributed by atoms with van der Waals surface area (Å²) in [6.45, 7) is 5.51. The molecule has 0 spiro atoms. The predicted molar refractivity (Wildman–Crippen MR) is 144 cm³/mol. The molecule has 0 aromatic carbocycles. The molecule has 11 nitrogen and oxygen atoms in total. The van der Waals surface area contributed by atoms with Gasteiger partial charge in [-0.05, 0) is 32.4 Å². The molecule has 4 aromatic rings. The first-order valence-electron chi connectivity index (χ1n) is 13.1. The second kappa shape index (κ2) is 10.2. The lowest BCUT2D eigenvalue weighted by Gasteiger charge is -2.20. The highest BCUT2D eigenvalue weighted by molar-refractivity contribution is 5.92. The van der Waals surface area contributed by atoms with E-state index in [4.69, 9.17) is 14.8 Å². The van der Waals surface area contributed by atoms with E-state index in [-0.39, 0.29) is 12.7 Å². The molecular weight excluding hydrogens is 487 g/mol. The number of ether oxygens (including phenoxy) is 1. The first kappa shape index (κ1) is 24.5. The van der Waals surface area contributed by atoms with Gasteiger partial charge in [0.05, 0.1) is 29.7 Å². The highest BCUT2D eigenvalue weighted by Crippen LogP contribution is 2.35. The number of hydrogen-bond donors (Lipinski definition) is 1. The normalized spacial score (nSPS) is 19.4. The van der Waals surface area contributed by atoms with Crippen LogP contribution in [0.15, 0.2) is 30.7 Å². The van der Waals surface area contributed by atoms with Crippen molar-refractivity contribution in [1.82, 2.24) is 39.4 Å². The molecule has 1 fully saturated rings. The second-order valence-electron chi connectivity index (χ2n) is 10.3.